The summed E-state index contributed by atoms with van der Waals surface area (Å²) in [7, 11) is 0. The molecule has 2 aliphatic rings. The predicted molar refractivity (Wildman–Crippen MR) is 136 cm³/mol. The van der Waals surface area contributed by atoms with Gasteiger partial charge in [-0.05, 0) is 55.6 Å². The number of benzene rings is 2. The molecule has 2 aromatic carbocycles. The topological polar surface area (TPSA) is 49.6 Å². The highest BCUT2D eigenvalue weighted by molar-refractivity contribution is 5.82. The predicted octanol–water partition coefficient (Wildman–Crippen LogP) is 4.67. The zero-order valence-electron chi connectivity index (χ0n) is 20.1. The summed E-state index contributed by atoms with van der Waals surface area (Å²) in [6.07, 6.45) is 10.2. The average Bonchev–Trinajstić information content (AvgIpc) is 3.34. The second-order valence-electron chi connectivity index (χ2n) is 10.0. The Bertz CT molecular complexity index is 791. The third-order valence-corrected chi connectivity index (χ3v) is 7.69. The number of likely N-dealkylation sites (tertiary alicyclic amines) is 1. The van der Waals surface area contributed by atoms with Crippen molar-refractivity contribution in [2.75, 3.05) is 26.2 Å². The number of carbonyl (C=O) groups excluding carboxylic acids is 1. The smallest absolute Gasteiger partial charge is 0.240 e. The zero-order valence-corrected chi connectivity index (χ0v) is 20.1. The third-order valence-electron chi connectivity index (χ3n) is 7.69. The lowest BCUT2D eigenvalue weighted by molar-refractivity contribution is -0.135. The minimum Gasteiger partial charge on any atom is -0.337 e. The lowest BCUT2D eigenvalue weighted by atomic mass is 9.83. The van der Waals surface area contributed by atoms with Gasteiger partial charge in [0.1, 0.15) is 0 Å². The van der Waals surface area contributed by atoms with Crippen molar-refractivity contribution in [2.45, 2.75) is 69.9 Å². The molecule has 2 fully saturated rings. The van der Waals surface area contributed by atoms with E-state index in [0.717, 1.165) is 64.7 Å². The van der Waals surface area contributed by atoms with Crippen LogP contribution in [0.4, 0.5) is 0 Å². The van der Waals surface area contributed by atoms with E-state index in [9.17, 15) is 4.79 Å². The van der Waals surface area contributed by atoms with Crippen LogP contribution in [0.25, 0.3) is 0 Å². The van der Waals surface area contributed by atoms with E-state index in [1.54, 1.807) is 0 Å². The Balaban J connectivity index is 1.38. The first-order chi connectivity index (χ1) is 16.2. The summed E-state index contributed by atoms with van der Waals surface area (Å²) in [5, 5.41) is 0. The molecular formula is C29H41N3O. The van der Waals surface area contributed by atoms with Gasteiger partial charge in [-0.2, -0.15) is 0 Å². The number of carbonyl (C=O) groups is 1. The van der Waals surface area contributed by atoms with Gasteiger partial charge in [-0.3, -0.25) is 4.79 Å². The molecule has 0 bridgehead atoms. The number of nitrogens with two attached hydrogens (primary N) is 1. The van der Waals surface area contributed by atoms with E-state index in [0.29, 0.717) is 12.0 Å². The maximum atomic E-state index is 13.4. The van der Waals surface area contributed by atoms with Crippen molar-refractivity contribution in [3.05, 3.63) is 71.8 Å². The van der Waals surface area contributed by atoms with Crippen molar-refractivity contribution in [1.29, 1.82) is 0 Å². The Hall–Kier alpha value is -2.17. The maximum Gasteiger partial charge on any atom is 0.240 e. The van der Waals surface area contributed by atoms with Crippen molar-refractivity contribution in [1.82, 2.24) is 9.80 Å². The van der Waals surface area contributed by atoms with E-state index in [1.165, 1.54) is 30.4 Å². The van der Waals surface area contributed by atoms with Crippen LogP contribution in [0.5, 0.6) is 0 Å². The van der Waals surface area contributed by atoms with Crippen molar-refractivity contribution < 1.29 is 4.79 Å². The van der Waals surface area contributed by atoms with Crippen LogP contribution >= 0.6 is 0 Å². The Kier molecular flexibility index (Phi) is 8.96. The van der Waals surface area contributed by atoms with Gasteiger partial charge in [-0.15, -0.1) is 0 Å². The molecule has 178 valence electrons. The molecule has 4 heteroatoms. The van der Waals surface area contributed by atoms with Gasteiger partial charge in [-0.1, -0.05) is 79.9 Å². The van der Waals surface area contributed by atoms with Gasteiger partial charge in [-0.25, -0.2) is 0 Å². The van der Waals surface area contributed by atoms with Crippen LogP contribution in [0.2, 0.25) is 0 Å². The number of nitrogens with zero attached hydrogens (tertiary/aromatic N) is 2. The summed E-state index contributed by atoms with van der Waals surface area (Å²) in [5.74, 6) is 0.579. The van der Waals surface area contributed by atoms with Gasteiger partial charge in [0.2, 0.25) is 5.91 Å². The monoisotopic (exact) mass is 447 g/mol. The minimum atomic E-state index is -0.312. The molecule has 2 N–H and O–H groups in total. The molecule has 2 aromatic rings. The summed E-state index contributed by atoms with van der Waals surface area (Å²) >= 11 is 0. The summed E-state index contributed by atoms with van der Waals surface area (Å²) in [4.78, 5) is 18.1. The highest BCUT2D eigenvalue weighted by Crippen LogP contribution is 2.28. The molecule has 0 radical (unpaired) electrons. The number of hydrogen-bond acceptors (Lipinski definition) is 3. The molecule has 4 rings (SSSR count). The van der Waals surface area contributed by atoms with Crippen molar-refractivity contribution in [3.63, 3.8) is 0 Å². The lowest BCUT2D eigenvalue weighted by Gasteiger charge is -2.35. The van der Waals surface area contributed by atoms with Crippen molar-refractivity contribution in [2.24, 2.45) is 11.7 Å². The van der Waals surface area contributed by atoms with E-state index in [2.05, 4.69) is 70.5 Å². The fourth-order valence-electron chi connectivity index (χ4n) is 5.66. The molecule has 1 saturated carbocycles. The van der Waals surface area contributed by atoms with Crippen LogP contribution < -0.4 is 5.73 Å². The Morgan fingerprint density at radius 1 is 0.848 bits per heavy atom. The van der Waals surface area contributed by atoms with Crippen LogP contribution in [0.15, 0.2) is 60.7 Å². The summed E-state index contributed by atoms with van der Waals surface area (Å²) < 4.78 is 0. The normalized spacial score (nSPS) is 20.3. The van der Waals surface area contributed by atoms with E-state index >= 15 is 0 Å². The van der Waals surface area contributed by atoms with Crippen LogP contribution in [0.3, 0.4) is 0 Å². The zero-order chi connectivity index (χ0) is 22.9. The molecule has 1 heterocycles. The fourth-order valence-corrected chi connectivity index (χ4v) is 5.66. The Morgan fingerprint density at radius 3 is 2.00 bits per heavy atom. The van der Waals surface area contributed by atoms with Gasteiger partial charge < -0.3 is 15.5 Å². The molecule has 1 saturated heterocycles. The van der Waals surface area contributed by atoms with Crippen molar-refractivity contribution in [3.8, 4) is 0 Å². The highest BCUT2D eigenvalue weighted by atomic mass is 16.2. The largest absolute Gasteiger partial charge is 0.337 e. The van der Waals surface area contributed by atoms with E-state index in [-0.39, 0.29) is 11.9 Å². The number of rotatable bonds is 10. The fraction of sp³-hybridized carbons (Fsp3) is 0.552. The number of amides is 1. The quantitative estimate of drug-likeness (QED) is 0.576. The molecular weight excluding hydrogens is 406 g/mol. The van der Waals surface area contributed by atoms with Crippen LogP contribution in [0, 0.1) is 5.92 Å². The molecule has 33 heavy (non-hydrogen) atoms. The summed E-state index contributed by atoms with van der Waals surface area (Å²) in [5.41, 5.74) is 9.28. The van der Waals surface area contributed by atoms with Crippen molar-refractivity contribution >= 4 is 5.91 Å². The number of hydrogen-bond donors (Lipinski definition) is 1. The van der Waals surface area contributed by atoms with E-state index < -0.39 is 0 Å². The molecule has 1 aliphatic heterocycles. The van der Waals surface area contributed by atoms with Gasteiger partial charge in [0.15, 0.2) is 0 Å². The summed E-state index contributed by atoms with van der Waals surface area (Å²) in [6, 6.07) is 21.5. The molecule has 4 nitrogen and oxygen atoms in total. The van der Waals surface area contributed by atoms with E-state index in [1.807, 2.05) is 0 Å². The highest BCUT2D eigenvalue weighted by Gasteiger charge is 2.35. The Labute approximate surface area is 200 Å². The lowest BCUT2D eigenvalue weighted by Crippen LogP contribution is -2.52. The molecule has 0 unspecified atom stereocenters. The third kappa shape index (κ3) is 6.91. The second-order valence-corrected chi connectivity index (χ2v) is 10.0. The van der Waals surface area contributed by atoms with Crippen LogP contribution in [-0.4, -0.2) is 54.0 Å². The van der Waals surface area contributed by atoms with Gasteiger partial charge in [0.25, 0.3) is 0 Å². The summed E-state index contributed by atoms with van der Waals surface area (Å²) in [6.45, 7) is 3.85. The first kappa shape index (κ1) is 24.0. The molecule has 2 atom stereocenters. The average molecular weight is 448 g/mol. The molecule has 0 spiro atoms. The molecule has 1 aliphatic carbocycles. The van der Waals surface area contributed by atoms with Crippen LogP contribution in [-0.2, 0) is 17.6 Å². The van der Waals surface area contributed by atoms with Crippen LogP contribution in [0.1, 0.15) is 56.1 Å². The SMILES string of the molecule is N[C@H](C(=O)N1CCC[C@H]1CN(CCc1ccccc1)CCc1ccccc1)C1CCCCC1. The Morgan fingerprint density at radius 2 is 1.42 bits per heavy atom. The second kappa shape index (κ2) is 12.3. The minimum absolute atomic E-state index is 0.204. The van der Waals surface area contributed by atoms with E-state index in [4.69, 9.17) is 5.73 Å². The molecule has 1 amide bonds. The van der Waals surface area contributed by atoms with Gasteiger partial charge in [0.05, 0.1) is 6.04 Å². The first-order valence-electron chi connectivity index (χ1n) is 13.1. The molecule has 0 aromatic heterocycles. The van der Waals surface area contributed by atoms with Gasteiger partial charge >= 0.3 is 0 Å². The standard InChI is InChI=1S/C29H41N3O/c30-28(26-15-8-3-9-16-26)29(33)32-20-10-17-27(32)23-31(21-18-24-11-4-1-5-12-24)22-19-25-13-6-2-7-14-25/h1-2,4-7,11-14,26-28H,3,8-10,15-23,30H2/t27-,28-/m0/s1. The maximum absolute atomic E-state index is 13.4. The first-order valence-corrected chi connectivity index (χ1v) is 13.1. The van der Waals surface area contributed by atoms with Gasteiger partial charge in [0, 0.05) is 32.2 Å².